The van der Waals surface area contributed by atoms with E-state index in [-0.39, 0.29) is 6.61 Å². The summed E-state index contributed by atoms with van der Waals surface area (Å²) in [5.41, 5.74) is 2.35. The van der Waals surface area contributed by atoms with Gasteiger partial charge in [0.25, 0.3) is 0 Å². The van der Waals surface area contributed by atoms with Gasteiger partial charge in [-0.05, 0) is 25.8 Å². The van der Waals surface area contributed by atoms with Gasteiger partial charge in [-0.1, -0.05) is 16.6 Å². The molecule has 0 radical (unpaired) electrons. The minimum atomic E-state index is 0.260. The highest BCUT2D eigenvalue weighted by atomic mass is 16.6. The van der Waals surface area contributed by atoms with Crippen molar-refractivity contribution in [3.8, 4) is 12.3 Å². The SMILES string of the molecule is C#CCO/N=C1/C=C(C)CC1. The Hall–Kier alpha value is -1.23. The normalized spacial score (nSPS) is 19.6. The Labute approximate surface area is 66.9 Å². The number of terminal acetylenes is 1. The maximum absolute atomic E-state index is 4.98. The van der Waals surface area contributed by atoms with E-state index in [2.05, 4.69) is 18.0 Å². The van der Waals surface area contributed by atoms with Crippen LogP contribution in [0.4, 0.5) is 0 Å². The molecule has 1 aliphatic rings. The van der Waals surface area contributed by atoms with E-state index in [1.54, 1.807) is 0 Å². The second-order valence-electron chi connectivity index (χ2n) is 2.55. The molecule has 0 unspecified atom stereocenters. The van der Waals surface area contributed by atoms with Crippen molar-refractivity contribution in [3.05, 3.63) is 11.6 Å². The van der Waals surface area contributed by atoms with Crippen LogP contribution in [-0.4, -0.2) is 12.3 Å². The fraction of sp³-hybridized carbons (Fsp3) is 0.444. The molecular formula is C9H11NO. The van der Waals surface area contributed by atoms with Crippen molar-refractivity contribution in [3.63, 3.8) is 0 Å². The summed E-state index contributed by atoms with van der Waals surface area (Å²) >= 11 is 0. The van der Waals surface area contributed by atoms with Crippen LogP contribution in [0.25, 0.3) is 0 Å². The highest BCUT2D eigenvalue weighted by Crippen LogP contribution is 2.14. The quantitative estimate of drug-likeness (QED) is 0.333. The van der Waals surface area contributed by atoms with E-state index < -0.39 is 0 Å². The topological polar surface area (TPSA) is 21.6 Å². The van der Waals surface area contributed by atoms with Crippen LogP contribution in [0.15, 0.2) is 16.8 Å². The smallest absolute Gasteiger partial charge is 0.177 e. The zero-order valence-corrected chi connectivity index (χ0v) is 6.63. The third-order valence-corrected chi connectivity index (χ3v) is 1.52. The van der Waals surface area contributed by atoms with Crippen LogP contribution >= 0.6 is 0 Å². The molecule has 0 saturated heterocycles. The van der Waals surface area contributed by atoms with Gasteiger partial charge in [-0.15, -0.1) is 6.42 Å². The molecule has 0 aromatic rings. The van der Waals surface area contributed by atoms with Gasteiger partial charge < -0.3 is 4.84 Å². The van der Waals surface area contributed by atoms with Gasteiger partial charge in [0.1, 0.15) is 0 Å². The lowest BCUT2D eigenvalue weighted by Gasteiger charge is -1.92. The standard InChI is InChI=1S/C9H11NO/c1-3-6-11-10-9-5-4-8(2)7-9/h1,7H,4-6H2,2H3/b10-9+. The van der Waals surface area contributed by atoms with Crippen molar-refractivity contribution in [1.29, 1.82) is 0 Å². The summed E-state index contributed by atoms with van der Waals surface area (Å²) in [6.07, 6.45) is 9.10. The van der Waals surface area contributed by atoms with E-state index >= 15 is 0 Å². The van der Waals surface area contributed by atoms with Crippen molar-refractivity contribution in [2.24, 2.45) is 5.16 Å². The number of nitrogens with zero attached hydrogens (tertiary/aromatic N) is 1. The number of allylic oxidation sites excluding steroid dienone is 2. The molecule has 11 heavy (non-hydrogen) atoms. The van der Waals surface area contributed by atoms with Crippen LogP contribution in [-0.2, 0) is 4.84 Å². The van der Waals surface area contributed by atoms with Gasteiger partial charge in [-0.25, -0.2) is 0 Å². The lowest BCUT2D eigenvalue weighted by atomic mass is 10.3. The molecule has 0 aromatic heterocycles. The number of hydrogen-bond donors (Lipinski definition) is 0. The zero-order valence-electron chi connectivity index (χ0n) is 6.63. The van der Waals surface area contributed by atoms with Crippen molar-refractivity contribution < 1.29 is 4.84 Å². The fourth-order valence-electron chi connectivity index (χ4n) is 0.978. The maximum Gasteiger partial charge on any atom is 0.177 e. The first-order valence-corrected chi connectivity index (χ1v) is 3.62. The molecule has 0 spiro atoms. The van der Waals surface area contributed by atoms with E-state index in [4.69, 9.17) is 11.3 Å². The molecule has 0 heterocycles. The van der Waals surface area contributed by atoms with Crippen molar-refractivity contribution in [2.75, 3.05) is 6.61 Å². The van der Waals surface area contributed by atoms with Gasteiger partial charge in [0, 0.05) is 0 Å². The number of oxime groups is 1. The Morgan fingerprint density at radius 3 is 3.09 bits per heavy atom. The summed E-state index contributed by atoms with van der Waals surface area (Å²) in [6, 6.07) is 0. The summed E-state index contributed by atoms with van der Waals surface area (Å²) in [4.78, 5) is 4.82. The van der Waals surface area contributed by atoms with E-state index in [1.807, 2.05) is 6.08 Å². The summed E-state index contributed by atoms with van der Waals surface area (Å²) in [7, 11) is 0. The minimum absolute atomic E-state index is 0.260. The average Bonchev–Trinajstić information content (AvgIpc) is 2.37. The average molecular weight is 149 g/mol. The lowest BCUT2D eigenvalue weighted by molar-refractivity contribution is 0.179. The third kappa shape index (κ3) is 2.46. The number of rotatable bonds is 2. The Bertz CT molecular complexity index is 232. The van der Waals surface area contributed by atoms with Gasteiger partial charge in [-0.2, -0.15) is 0 Å². The molecule has 58 valence electrons. The van der Waals surface area contributed by atoms with Crippen LogP contribution in [0, 0.1) is 12.3 Å². The predicted molar refractivity (Wildman–Crippen MR) is 45.2 cm³/mol. The monoisotopic (exact) mass is 149 g/mol. The highest BCUT2D eigenvalue weighted by molar-refractivity contribution is 5.97. The van der Waals surface area contributed by atoms with E-state index in [1.165, 1.54) is 5.57 Å². The molecule has 2 nitrogen and oxygen atoms in total. The fourth-order valence-corrected chi connectivity index (χ4v) is 0.978. The molecule has 0 aliphatic heterocycles. The van der Waals surface area contributed by atoms with Crippen molar-refractivity contribution in [2.45, 2.75) is 19.8 Å². The van der Waals surface area contributed by atoms with Crippen molar-refractivity contribution in [1.82, 2.24) is 0 Å². The van der Waals surface area contributed by atoms with Crippen LogP contribution in [0.5, 0.6) is 0 Å². The second-order valence-corrected chi connectivity index (χ2v) is 2.55. The van der Waals surface area contributed by atoms with E-state index in [0.717, 1.165) is 18.6 Å². The maximum atomic E-state index is 4.98. The molecule has 0 amide bonds. The summed E-state index contributed by atoms with van der Waals surface area (Å²) in [5, 5.41) is 3.86. The summed E-state index contributed by atoms with van der Waals surface area (Å²) < 4.78 is 0. The third-order valence-electron chi connectivity index (χ3n) is 1.52. The molecule has 1 aliphatic carbocycles. The Balaban J connectivity index is 2.38. The van der Waals surface area contributed by atoms with Crippen LogP contribution in [0.3, 0.4) is 0 Å². The first kappa shape index (κ1) is 7.87. The van der Waals surface area contributed by atoms with Gasteiger partial charge in [0.15, 0.2) is 6.61 Å². The number of hydrogen-bond acceptors (Lipinski definition) is 2. The molecular weight excluding hydrogens is 138 g/mol. The van der Waals surface area contributed by atoms with Gasteiger partial charge in [0.05, 0.1) is 5.71 Å². The summed E-state index contributed by atoms with van der Waals surface area (Å²) in [6.45, 7) is 2.35. The van der Waals surface area contributed by atoms with Crippen LogP contribution < -0.4 is 0 Å². The molecule has 0 aromatic carbocycles. The molecule has 0 bridgehead atoms. The molecule has 0 fully saturated rings. The van der Waals surface area contributed by atoms with Crippen LogP contribution in [0.2, 0.25) is 0 Å². The molecule has 1 rings (SSSR count). The predicted octanol–water partition coefficient (Wildman–Crippen LogP) is 1.73. The highest BCUT2D eigenvalue weighted by Gasteiger charge is 2.06. The van der Waals surface area contributed by atoms with E-state index in [9.17, 15) is 0 Å². The second kappa shape index (κ2) is 3.82. The van der Waals surface area contributed by atoms with Gasteiger partial charge in [0.2, 0.25) is 0 Å². The first-order chi connectivity index (χ1) is 5.33. The molecule has 0 atom stereocenters. The Kier molecular flexibility index (Phi) is 2.74. The molecule has 2 heteroatoms. The minimum Gasteiger partial charge on any atom is -0.382 e. The largest absolute Gasteiger partial charge is 0.382 e. The zero-order chi connectivity index (χ0) is 8.10. The Morgan fingerprint density at radius 1 is 1.73 bits per heavy atom. The van der Waals surface area contributed by atoms with E-state index in [0.29, 0.717) is 0 Å². The van der Waals surface area contributed by atoms with Crippen LogP contribution in [0.1, 0.15) is 19.8 Å². The molecule has 0 saturated carbocycles. The van der Waals surface area contributed by atoms with Gasteiger partial charge >= 0.3 is 0 Å². The Morgan fingerprint density at radius 2 is 2.55 bits per heavy atom. The van der Waals surface area contributed by atoms with Gasteiger partial charge in [-0.3, -0.25) is 0 Å². The lowest BCUT2D eigenvalue weighted by Crippen LogP contribution is -1.90. The summed E-state index contributed by atoms with van der Waals surface area (Å²) in [5.74, 6) is 2.35. The van der Waals surface area contributed by atoms with Crippen molar-refractivity contribution >= 4 is 5.71 Å². The first-order valence-electron chi connectivity index (χ1n) is 3.62. The molecule has 0 N–H and O–H groups in total.